The Morgan fingerprint density at radius 1 is 1.32 bits per heavy atom. The molecule has 2 N–H and O–H groups in total. The second-order valence-corrected chi connectivity index (χ2v) is 5.32. The molecule has 2 rings (SSSR count). The van der Waals surface area contributed by atoms with Gasteiger partial charge in [-0.3, -0.25) is 0 Å². The van der Waals surface area contributed by atoms with Gasteiger partial charge in [-0.1, -0.05) is 12.1 Å². The topological polar surface area (TPSA) is 32.3 Å². The van der Waals surface area contributed by atoms with Crippen LogP contribution in [0.4, 0.5) is 13.2 Å². The minimum absolute atomic E-state index is 0.499. The van der Waals surface area contributed by atoms with E-state index in [1.165, 1.54) is 18.4 Å². The van der Waals surface area contributed by atoms with Crippen LogP contribution in [0.1, 0.15) is 18.1 Å². The molecule has 0 aliphatic heterocycles. The van der Waals surface area contributed by atoms with Gasteiger partial charge in [-0.05, 0) is 35.5 Å². The Morgan fingerprint density at radius 3 is 2.68 bits per heavy atom. The molecule has 0 spiro atoms. The van der Waals surface area contributed by atoms with E-state index in [0.717, 1.165) is 10.1 Å². The predicted molar refractivity (Wildman–Crippen MR) is 70.3 cm³/mol. The number of nitrogens with one attached hydrogen (secondary N) is 1. The van der Waals surface area contributed by atoms with Crippen molar-refractivity contribution in [3.8, 4) is 0 Å². The van der Waals surface area contributed by atoms with Gasteiger partial charge in [-0.2, -0.15) is 13.2 Å². The third kappa shape index (κ3) is 3.46. The second-order valence-electron chi connectivity index (χ2n) is 4.38. The van der Waals surface area contributed by atoms with Crippen molar-refractivity contribution in [2.24, 2.45) is 0 Å². The highest BCUT2D eigenvalue weighted by Gasteiger charge is 2.34. The van der Waals surface area contributed by atoms with E-state index in [1.54, 1.807) is 12.1 Å². The van der Waals surface area contributed by atoms with Crippen LogP contribution in [0.2, 0.25) is 0 Å². The van der Waals surface area contributed by atoms with Gasteiger partial charge in [0.1, 0.15) is 0 Å². The summed E-state index contributed by atoms with van der Waals surface area (Å²) in [5.41, 5.74) is 0.499. The largest absolute Gasteiger partial charge is 0.390 e. The number of thiophene rings is 1. The first-order chi connectivity index (χ1) is 8.90. The van der Waals surface area contributed by atoms with Crippen molar-refractivity contribution in [2.75, 3.05) is 7.05 Å². The van der Waals surface area contributed by atoms with Gasteiger partial charge in [-0.25, -0.2) is 0 Å². The summed E-state index contributed by atoms with van der Waals surface area (Å²) >= 11 is 1.50. The quantitative estimate of drug-likeness (QED) is 0.903. The summed E-state index contributed by atoms with van der Waals surface area (Å²) in [6.45, 7) is 0. The molecule has 0 bridgehead atoms. The van der Waals surface area contributed by atoms with Crippen molar-refractivity contribution in [3.05, 3.63) is 35.2 Å². The zero-order chi connectivity index (χ0) is 14.0. The van der Waals surface area contributed by atoms with E-state index >= 15 is 0 Å². The third-order valence-corrected chi connectivity index (χ3v) is 3.90. The molecule has 6 heteroatoms. The van der Waals surface area contributed by atoms with Crippen LogP contribution in [0.3, 0.4) is 0 Å². The van der Waals surface area contributed by atoms with Crippen molar-refractivity contribution in [2.45, 2.75) is 24.7 Å². The fourth-order valence-electron chi connectivity index (χ4n) is 2.01. The number of hydrogen-bond donors (Lipinski definition) is 2. The molecule has 104 valence electrons. The van der Waals surface area contributed by atoms with E-state index in [2.05, 4.69) is 5.32 Å². The average Bonchev–Trinajstić information content (AvgIpc) is 2.81. The van der Waals surface area contributed by atoms with Gasteiger partial charge in [0, 0.05) is 10.7 Å². The van der Waals surface area contributed by atoms with Crippen molar-refractivity contribution < 1.29 is 18.3 Å². The van der Waals surface area contributed by atoms with Gasteiger partial charge >= 0.3 is 6.18 Å². The number of hydrogen-bond acceptors (Lipinski definition) is 3. The van der Waals surface area contributed by atoms with Crippen molar-refractivity contribution in [3.63, 3.8) is 0 Å². The summed E-state index contributed by atoms with van der Waals surface area (Å²) in [5.74, 6) is 0. The fraction of sp³-hybridized carbons (Fsp3) is 0.385. The highest BCUT2D eigenvalue weighted by molar-refractivity contribution is 7.17. The molecule has 0 amide bonds. The van der Waals surface area contributed by atoms with Crippen LogP contribution in [0, 0.1) is 0 Å². The lowest BCUT2D eigenvalue weighted by Gasteiger charge is -2.24. The van der Waals surface area contributed by atoms with Crippen LogP contribution in [0.15, 0.2) is 29.6 Å². The molecule has 0 radical (unpaired) electrons. The van der Waals surface area contributed by atoms with Crippen LogP contribution >= 0.6 is 11.3 Å². The van der Waals surface area contributed by atoms with Gasteiger partial charge in [0.15, 0.2) is 0 Å². The lowest BCUT2D eigenvalue weighted by atomic mass is 9.99. The molecular weight excluding hydrogens is 275 g/mol. The summed E-state index contributed by atoms with van der Waals surface area (Å²) in [4.78, 5) is 0. The molecule has 2 nitrogen and oxygen atoms in total. The maximum Gasteiger partial charge on any atom is 0.390 e. The van der Waals surface area contributed by atoms with Crippen molar-refractivity contribution >= 4 is 21.4 Å². The number of aliphatic hydroxyl groups is 1. The summed E-state index contributed by atoms with van der Waals surface area (Å²) in [7, 11) is 1.42. The van der Waals surface area contributed by atoms with E-state index in [4.69, 9.17) is 0 Å². The lowest BCUT2D eigenvalue weighted by molar-refractivity contribution is -0.146. The maximum absolute atomic E-state index is 12.4. The van der Waals surface area contributed by atoms with Gasteiger partial charge in [0.25, 0.3) is 0 Å². The number of rotatable bonds is 4. The number of halogens is 3. The van der Waals surface area contributed by atoms with Gasteiger partial charge in [-0.15, -0.1) is 11.3 Å². The molecule has 2 unspecified atom stereocenters. The molecule has 1 heterocycles. The number of fused-ring (bicyclic) bond motifs is 1. The van der Waals surface area contributed by atoms with Gasteiger partial charge in [0.2, 0.25) is 0 Å². The lowest BCUT2D eigenvalue weighted by Crippen LogP contribution is -2.36. The van der Waals surface area contributed by atoms with Crippen LogP contribution in [-0.4, -0.2) is 24.4 Å². The van der Waals surface area contributed by atoms with Crippen LogP contribution in [0.25, 0.3) is 10.1 Å². The Labute approximate surface area is 112 Å². The van der Waals surface area contributed by atoms with E-state index in [-0.39, 0.29) is 0 Å². The summed E-state index contributed by atoms with van der Waals surface area (Å²) < 4.78 is 38.2. The smallest absolute Gasteiger partial charge is 0.387 e. The van der Waals surface area contributed by atoms with Crippen LogP contribution in [0.5, 0.6) is 0 Å². The zero-order valence-electron chi connectivity index (χ0n) is 10.2. The minimum atomic E-state index is -4.30. The first kappa shape index (κ1) is 14.3. The predicted octanol–water partition coefficient (Wildman–Crippen LogP) is 3.48. The highest BCUT2D eigenvalue weighted by Crippen LogP contribution is 2.30. The molecular formula is C13H14F3NOS. The first-order valence-electron chi connectivity index (χ1n) is 5.80. The van der Waals surface area contributed by atoms with Crippen molar-refractivity contribution in [1.29, 1.82) is 0 Å². The van der Waals surface area contributed by atoms with Crippen molar-refractivity contribution in [1.82, 2.24) is 5.32 Å². The number of likely N-dealkylation sites (N-methyl/N-ethyl adjacent to an activating group) is 1. The first-order valence-corrected chi connectivity index (χ1v) is 6.68. The van der Waals surface area contributed by atoms with E-state index < -0.39 is 24.7 Å². The Hall–Kier alpha value is -1.11. The van der Waals surface area contributed by atoms with E-state index in [0.29, 0.717) is 5.56 Å². The second kappa shape index (κ2) is 5.48. The Morgan fingerprint density at radius 2 is 2.05 bits per heavy atom. The summed E-state index contributed by atoms with van der Waals surface area (Å²) in [6, 6.07) is 6.11. The molecule has 1 aromatic carbocycles. The highest BCUT2D eigenvalue weighted by atomic mass is 32.1. The average molecular weight is 289 g/mol. The molecule has 0 fully saturated rings. The molecule has 2 aromatic rings. The van der Waals surface area contributed by atoms with E-state index in [1.807, 2.05) is 17.5 Å². The number of aliphatic hydroxyl groups excluding tert-OH is 1. The van der Waals surface area contributed by atoms with Crippen LogP contribution < -0.4 is 5.32 Å². The zero-order valence-corrected chi connectivity index (χ0v) is 11.1. The minimum Gasteiger partial charge on any atom is -0.387 e. The molecule has 0 aliphatic carbocycles. The summed E-state index contributed by atoms with van der Waals surface area (Å²) in [5, 5.41) is 15.5. The number of benzene rings is 1. The Bertz CT molecular complexity index is 552. The van der Waals surface area contributed by atoms with Crippen LogP contribution in [-0.2, 0) is 0 Å². The Balaban J connectivity index is 2.22. The SMILES string of the molecule is CNC(CC(F)(F)F)C(O)c1ccc2ccsc2c1. The molecule has 0 saturated heterocycles. The number of alkyl halides is 3. The van der Waals surface area contributed by atoms with Gasteiger partial charge < -0.3 is 10.4 Å². The fourth-order valence-corrected chi connectivity index (χ4v) is 2.85. The monoisotopic (exact) mass is 289 g/mol. The Kier molecular flexibility index (Phi) is 4.13. The standard InChI is InChI=1S/C13H14F3NOS/c1-17-10(7-13(14,15)16)12(18)9-3-2-8-4-5-19-11(8)6-9/h2-6,10,12,17-18H,7H2,1H3. The molecule has 0 aliphatic rings. The molecule has 2 atom stereocenters. The third-order valence-electron chi connectivity index (χ3n) is 3.03. The maximum atomic E-state index is 12.4. The molecule has 0 saturated carbocycles. The molecule has 1 aromatic heterocycles. The normalized spacial score (nSPS) is 15.6. The summed E-state index contributed by atoms with van der Waals surface area (Å²) in [6.07, 6.45) is -6.55. The van der Waals surface area contributed by atoms with E-state index in [9.17, 15) is 18.3 Å². The molecule has 19 heavy (non-hydrogen) atoms. The van der Waals surface area contributed by atoms with Gasteiger partial charge in [0.05, 0.1) is 12.5 Å².